The van der Waals surface area contributed by atoms with Crippen LogP contribution >= 0.6 is 0 Å². The Morgan fingerprint density at radius 2 is 1.88 bits per heavy atom. The van der Waals surface area contributed by atoms with Gasteiger partial charge in [0.25, 0.3) is 0 Å². The van der Waals surface area contributed by atoms with Gasteiger partial charge in [-0.15, -0.1) is 0 Å². The van der Waals surface area contributed by atoms with E-state index in [2.05, 4.69) is 0 Å². The smallest absolute Gasteiger partial charge is 0.336 e. The van der Waals surface area contributed by atoms with E-state index in [9.17, 15) is 9.59 Å². The minimum absolute atomic E-state index is 0.0989. The molecule has 4 rings (SSSR count). The number of rotatable bonds is 4. The molecule has 0 N–H and O–H groups in total. The van der Waals surface area contributed by atoms with Crippen LogP contribution in [0.4, 0.5) is 0 Å². The Labute approximate surface area is 151 Å². The van der Waals surface area contributed by atoms with Gasteiger partial charge < -0.3 is 9.15 Å². The van der Waals surface area contributed by atoms with Gasteiger partial charge in [0.2, 0.25) is 0 Å². The zero-order valence-electron chi connectivity index (χ0n) is 14.7. The molecule has 0 radical (unpaired) electrons. The summed E-state index contributed by atoms with van der Waals surface area (Å²) < 4.78 is 10.9. The Morgan fingerprint density at radius 1 is 1.08 bits per heavy atom. The first-order chi connectivity index (χ1) is 12.7. The molecule has 0 saturated heterocycles. The average Bonchev–Trinajstić information content (AvgIpc) is 2.66. The largest absolute Gasteiger partial charge is 0.461 e. The van der Waals surface area contributed by atoms with Gasteiger partial charge in [-0.1, -0.05) is 49.6 Å². The van der Waals surface area contributed by atoms with Crippen LogP contribution in [0.2, 0.25) is 0 Å². The van der Waals surface area contributed by atoms with Crippen molar-refractivity contribution in [3.8, 4) is 0 Å². The lowest BCUT2D eigenvalue weighted by Crippen LogP contribution is -2.14. The Hall–Kier alpha value is -2.62. The van der Waals surface area contributed by atoms with E-state index in [1.165, 1.54) is 25.3 Å². The molecule has 4 heteroatoms. The number of hydrogen-bond donors (Lipinski definition) is 0. The van der Waals surface area contributed by atoms with Crippen molar-refractivity contribution in [2.75, 3.05) is 0 Å². The molecule has 1 aliphatic rings. The van der Waals surface area contributed by atoms with Crippen LogP contribution in [0.25, 0.3) is 21.7 Å². The van der Waals surface area contributed by atoms with Crippen LogP contribution in [0.15, 0.2) is 51.7 Å². The van der Waals surface area contributed by atoms with E-state index in [0.717, 1.165) is 29.0 Å². The molecule has 26 heavy (non-hydrogen) atoms. The molecule has 0 unspecified atom stereocenters. The van der Waals surface area contributed by atoms with Crippen molar-refractivity contribution in [3.05, 3.63) is 58.4 Å². The summed E-state index contributed by atoms with van der Waals surface area (Å²) in [4.78, 5) is 24.1. The van der Waals surface area contributed by atoms with Crippen molar-refractivity contribution in [1.29, 1.82) is 0 Å². The van der Waals surface area contributed by atoms with E-state index in [4.69, 9.17) is 9.15 Å². The predicted octanol–water partition coefficient (Wildman–Crippen LogP) is 4.96. The van der Waals surface area contributed by atoms with Crippen LogP contribution in [0.5, 0.6) is 0 Å². The molecule has 1 saturated carbocycles. The Kier molecular flexibility index (Phi) is 4.74. The summed E-state index contributed by atoms with van der Waals surface area (Å²) in [5.41, 5.74) is 0.797. The third kappa shape index (κ3) is 3.50. The lowest BCUT2D eigenvalue weighted by molar-refractivity contribution is -0.146. The summed E-state index contributed by atoms with van der Waals surface area (Å²) in [7, 11) is 0. The lowest BCUT2D eigenvalue weighted by Gasteiger charge is -2.20. The standard InChI is InChI=1S/C22H22O4/c23-20(12-15-6-2-1-3-7-15)25-14-17-13-21(24)26-19-11-10-16-8-4-5-9-18(16)22(17)19/h4-5,8-11,13,15H,1-3,6-7,12,14H2. The van der Waals surface area contributed by atoms with Crippen molar-refractivity contribution >= 4 is 27.7 Å². The van der Waals surface area contributed by atoms with E-state index in [1.807, 2.05) is 30.3 Å². The maximum Gasteiger partial charge on any atom is 0.336 e. The monoisotopic (exact) mass is 350 g/mol. The zero-order chi connectivity index (χ0) is 17.9. The molecular weight excluding hydrogens is 328 g/mol. The molecule has 0 atom stereocenters. The van der Waals surface area contributed by atoms with E-state index in [-0.39, 0.29) is 12.6 Å². The first-order valence-corrected chi connectivity index (χ1v) is 9.31. The van der Waals surface area contributed by atoms with E-state index in [0.29, 0.717) is 23.5 Å². The summed E-state index contributed by atoms with van der Waals surface area (Å²) in [6, 6.07) is 13.1. The molecule has 0 spiro atoms. The first kappa shape index (κ1) is 16.8. The molecule has 3 aromatic rings. The molecule has 4 nitrogen and oxygen atoms in total. The summed E-state index contributed by atoms with van der Waals surface area (Å²) in [5.74, 6) is 0.258. The lowest BCUT2D eigenvalue weighted by atomic mass is 9.87. The van der Waals surface area contributed by atoms with Gasteiger partial charge in [-0.2, -0.15) is 0 Å². The number of fused-ring (bicyclic) bond motifs is 3. The highest BCUT2D eigenvalue weighted by Crippen LogP contribution is 2.29. The average molecular weight is 350 g/mol. The fourth-order valence-electron chi connectivity index (χ4n) is 3.98. The quantitative estimate of drug-likeness (QED) is 0.379. The molecule has 2 aromatic carbocycles. The molecule has 0 aliphatic heterocycles. The molecule has 1 heterocycles. The van der Waals surface area contributed by atoms with Crippen LogP contribution in [0.1, 0.15) is 44.1 Å². The second kappa shape index (κ2) is 7.32. The second-order valence-corrected chi connectivity index (χ2v) is 7.12. The van der Waals surface area contributed by atoms with Gasteiger partial charge in [0.15, 0.2) is 0 Å². The summed E-state index contributed by atoms with van der Waals surface area (Å²) in [5, 5.41) is 2.89. The van der Waals surface area contributed by atoms with E-state index in [1.54, 1.807) is 6.07 Å². The van der Waals surface area contributed by atoms with Crippen molar-refractivity contribution < 1.29 is 13.9 Å². The molecule has 1 aromatic heterocycles. The number of ether oxygens (including phenoxy) is 1. The topological polar surface area (TPSA) is 56.5 Å². The van der Waals surface area contributed by atoms with Gasteiger partial charge in [-0.3, -0.25) is 4.79 Å². The minimum Gasteiger partial charge on any atom is -0.461 e. The number of carbonyl (C=O) groups excluding carboxylic acids is 1. The first-order valence-electron chi connectivity index (χ1n) is 9.31. The van der Waals surface area contributed by atoms with Crippen LogP contribution in [-0.4, -0.2) is 5.97 Å². The highest BCUT2D eigenvalue weighted by molar-refractivity contribution is 6.07. The number of esters is 1. The van der Waals surface area contributed by atoms with Gasteiger partial charge in [0.05, 0.1) is 0 Å². The van der Waals surface area contributed by atoms with Gasteiger partial charge in [-0.25, -0.2) is 4.79 Å². The summed E-state index contributed by atoms with van der Waals surface area (Å²) in [6.45, 7) is 0.0989. The SMILES string of the molecule is O=C(CC1CCCCC1)OCc1cc(=O)oc2ccc3ccccc3c12. The Morgan fingerprint density at radius 3 is 2.73 bits per heavy atom. The van der Waals surface area contributed by atoms with Crippen molar-refractivity contribution in [3.63, 3.8) is 0 Å². The van der Waals surface area contributed by atoms with Crippen LogP contribution in [0, 0.1) is 5.92 Å². The predicted molar refractivity (Wildman–Crippen MR) is 101 cm³/mol. The fraction of sp³-hybridized carbons (Fsp3) is 0.364. The van der Waals surface area contributed by atoms with Crippen molar-refractivity contribution in [1.82, 2.24) is 0 Å². The molecule has 0 bridgehead atoms. The van der Waals surface area contributed by atoms with Gasteiger partial charge in [-0.05, 0) is 35.6 Å². The zero-order valence-corrected chi connectivity index (χ0v) is 14.7. The number of hydrogen-bond acceptors (Lipinski definition) is 4. The van der Waals surface area contributed by atoms with Gasteiger partial charge in [0, 0.05) is 23.4 Å². The highest BCUT2D eigenvalue weighted by atomic mass is 16.5. The van der Waals surface area contributed by atoms with Gasteiger partial charge >= 0.3 is 11.6 Å². The Bertz CT molecular complexity index is 996. The second-order valence-electron chi connectivity index (χ2n) is 7.12. The van der Waals surface area contributed by atoms with Crippen LogP contribution in [-0.2, 0) is 16.1 Å². The Balaban J connectivity index is 1.60. The maximum atomic E-state index is 12.2. The molecule has 1 aliphatic carbocycles. The third-order valence-electron chi connectivity index (χ3n) is 5.28. The molecule has 1 fully saturated rings. The van der Waals surface area contributed by atoms with Gasteiger partial charge in [0.1, 0.15) is 12.2 Å². The van der Waals surface area contributed by atoms with E-state index >= 15 is 0 Å². The maximum absolute atomic E-state index is 12.2. The fourth-order valence-corrected chi connectivity index (χ4v) is 3.98. The number of carbonyl (C=O) groups is 1. The highest BCUT2D eigenvalue weighted by Gasteiger charge is 2.18. The molecular formula is C22H22O4. The number of benzene rings is 2. The normalized spacial score (nSPS) is 15.4. The molecule has 0 amide bonds. The minimum atomic E-state index is -0.425. The third-order valence-corrected chi connectivity index (χ3v) is 5.28. The molecule has 134 valence electrons. The van der Waals surface area contributed by atoms with Crippen LogP contribution < -0.4 is 5.63 Å². The summed E-state index contributed by atoms with van der Waals surface area (Å²) in [6.07, 6.45) is 6.36. The van der Waals surface area contributed by atoms with E-state index < -0.39 is 5.63 Å². The van der Waals surface area contributed by atoms with Crippen molar-refractivity contribution in [2.24, 2.45) is 5.92 Å². The van der Waals surface area contributed by atoms with Crippen molar-refractivity contribution in [2.45, 2.75) is 45.1 Å². The van der Waals surface area contributed by atoms with Crippen LogP contribution in [0.3, 0.4) is 0 Å². The summed E-state index contributed by atoms with van der Waals surface area (Å²) >= 11 is 0.